The zero-order valence-electron chi connectivity index (χ0n) is 15.4. The summed E-state index contributed by atoms with van der Waals surface area (Å²) in [5.41, 5.74) is 2.42. The molecule has 2 amide bonds. The molecule has 1 aliphatic heterocycles. The topological polar surface area (TPSA) is 67.4 Å². The third-order valence-electron chi connectivity index (χ3n) is 4.51. The highest BCUT2D eigenvalue weighted by atomic mass is 19.1. The Morgan fingerprint density at radius 2 is 1.93 bits per heavy atom. The van der Waals surface area contributed by atoms with Gasteiger partial charge in [-0.15, -0.1) is 0 Å². The van der Waals surface area contributed by atoms with Crippen LogP contribution < -0.4 is 15.4 Å². The maximum Gasteiger partial charge on any atom is 0.227 e. The van der Waals surface area contributed by atoms with E-state index in [2.05, 4.69) is 10.6 Å². The number of hydrogen-bond donors (Lipinski definition) is 2. The van der Waals surface area contributed by atoms with E-state index >= 15 is 0 Å². The lowest BCUT2D eigenvalue weighted by atomic mass is 9.95. The third kappa shape index (κ3) is 4.84. The molecule has 0 saturated carbocycles. The second-order valence-electron chi connectivity index (χ2n) is 7.02. The van der Waals surface area contributed by atoms with Gasteiger partial charge in [-0.05, 0) is 47.9 Å². The maximum atomic E-state index is 12.9. The number of halogens is 1. The second kappa shape index (κ2) is 8.20. The zero-order valence-corrected chi connectivity index (χ0v) is 15.4. The lowest BCUT2D eigenvalue weighted by Crippen LogP contribution is -2.37. The van der Waals surface area contributed by atoms with Gasteiger partial charge in [0.2, 0.25) is 11.8 Å². The Morgan fingerprint density at radius 1 is 1.19 bits per heavy atom. The average molecular weight is 370 g/mol. The zero-order chi connectivity index (χ0) is 19.4. The van der Waals surface area contributed by atoms with Gasteiger partial charge in [0.05, 0.1) is 5.92 Å². The summed E-state index contributed by atoms with van der Waals surface area (Å²) in [6, 6.07) is 11.5. The van der Waals surface area contributed by atoms with Gasteiger partial charge in [-0.2, -0.15) is 0 Å². The molecular weight excluding hydrogens is 347 g/mol. The van der Waals surface area contributed by atoms with Crippen molar-refractivity contribution in [3.63, 3.8) is 0 Å². The van der Waals surface area contributed by atoms with Crippen LogP contribution in [0.15, 0.2) is 42.5 Å². The summed E-state index contributed by atoms with van der Waals surface area (Å²) in [7, 11) is 0. The number of carbonyl (C=O) groups excluding carboxylic acids is 2. The summed E-state index contributed by atoms with van der Waals surface area (Å²) >= 11 is 0. The number of rotatable bonds is 5. The minimum absolute atomic E-state index is 0.0553. The van der Waals surface area contributed by atoms with Gasteiger partial charge < -0.3 is 15.4 Å². The van der Waals surface area contributed by atoms with E-state index < -0.39 is 0 Å². The first kappa shape index (κ1) is 18.9. The molecule has 0 spiro atoms. The molecule has 0 radical (unpaired) electrons. The molecule has 1 aliphatic rings. The predicted molar refractivity (Wildman–Crippen MR) is 101 cm³/mol. The van der Waals surface area contributed by atoms with E-state index in [1.54, 1.807) is 18.2 Å². The van der Waals surface area contributed by atoms with Crippen molar-refractivity contribution in [2.24, 2.45) is 11.8 Å². The van der Waals surface area contributed by atoms with Gasteiger partial charge in [0, 0.05) is 18.2 Å². The first-order valence-corrected chi connectivity index (χ1v) is 9.01. The molecule has 0 saturated heterocycles. The SMILES string of the molecule is CC(C)C(=O)Nc1ccc2c(c1)C[C@@H](C(=O)NCc1ccc(F)cc1)CO2. The van der Waals surface area contributed by atoms with Crippen molar-refractivity contribution in [2.45, 2.75) is 26.8 Å². The number of carbonyl (C=O) groups is 2. The predicted octanol–water partition coefficient (Wildman–Crippen LogP) is 3.29. The van der Waals surface area contributed by atoms with Crippen LogP contribution in [-0.2, 0) is 22.6 Å². The minimum Gasteiger partial charge on any atom is -0.492 e. The van der Waals surface area contributed by atoms with Crippen molar-refractivity contribution >= 4 is 17.5 Å². The molecule has 3 rings (SSSR count). The Labute approximate surface area is 157 Å². The number of hydrogen-bond acceptors (Lipinski definition) is 3. The number of fused-ring (bicyclic) bond motifs is 1. The van der Waals surface area contributed by atoms with E-state index in [4.69, 9.17) is 4.74 Å². The molecule has 5 nitrogen and oxygen atoms in total. The smallest absolute Gasteiger partial charge is 0.227 e. The fourth-order valence-electron chi connectivity index (χ4n) is 2.86. The van der Waals surface area contributed by atoms with Crippen molar-refractivity contribution in [1.29, 1.82) is 0 Å². The highest BCUT2D eigenvalue weighted by Crippen LogP contribution is 2.30. The van der Waals surface area contributed by atoms with Crippen molar-refractivity contribution in [3.05, 3.63) is 59.4 Å². The normalized spacial score (nSPS) is 15.6. The first-order valence-electron chi connectivity index (χ1n) is 9.01. The van der Waals surface area contributed by atoms with Gasteiger partial charge >= 0.3 is 0 Å². The van der Waals surface area contributed by atoms with Gasteiger partial charge in [0.15, 0.2) is 0 Å². The largest absolute Gasteiger partial charge is 0.492 e. The van der Waals surface area contributed by atoms with Crippen LogP contribution in [0.3, 0.4) is 0 Å². The molecule has 1 atom stereocenters. The van der Waals surface area contributed by atoms with Crippen molar-refractivity contribution < 1.29 is 18.7 Å². The van der Waals surface area contributed by atoms with Crippen LogP contribution in [0.1, 0.15) is 25.0 Å². The molecule has 0 aromatic heterocycles. The Morgan fingerprint density at radius 3 is 2.63 bits per heavy atom. The quantitative estimate of drug-likeness (QED) is 0.849. The molecule has 0 unspecified atom stereocenters. The van der Waals surface area contributed by atoms with Crippen LogP contribution in [0.5, 0.6) is 5.75 Å². The Bertz CT molecular complexity index is 834. The van der Waals surface area contributed by atoms with E-state index in [-0.39, 0.29) is 29.5 Å². The van der Waals surface area contributed by atoms with Gasteiger partial charge in [-0.3, -0.25) is 9.59 Å². The van der Waals surface area contributed by atoms with Crippen LogP contribution in [0.4, 0.5) is 10.1 Å². The first-order chi connectivity index (χ1) is 12.9. The molecule has 142 valence electrons. The second-order valence-corrected chi connectivity index (χ2v) is 7.02. The Balaban J connectivity index is 1.61. The Kier molecular flexibility index (Phi) is 5.74. The molecule has 0 fully saturated rings. The highest BCUT2D eigenvalue weighted by Gasteiger charge is 2.26. The van der Waals surface area contributed by atoms with E-state index in [1.165, 1.54) is 12.1 Å². The van der Waals surface area contributed by atoms with Crippen molar-refractivity contribution in [1.82, 2.24) is 5.32 Å². The fourth-order valence-corrected chi connectivity index (χ4v) is 2.86. The molecule has 2 N–H and O–H groups in total. The minimum atomic E-state index is -0.311. The van der Waals surface area contributed by atoms with Crippen LogP contribution in [-0.4, -0.2) is 18.4 Å². The lowest BCUT2D eigenvalue weighted by molar-refractivity contribution is -0.126. The van der Waals surface area contributed by atoms with Gasteiger partial charge in [0.25, 0.3) is 0 Å². The van der Waals surface area contributed by atoms with Gasteiger partial charge in [0.1, 0.15) is 18.2 Å². The number of nitrogens with one attached hydrogen (secondary N) is 2. The standard InChI is InChI=1S/C21H23FN2O3/c1-13(2)20(25)24-18-7-8-19-15(10-18)9-16(12-27-19)21(26)23-11-14-3-5-17(22)6-4-14/h3-8,10,13,16H,9,11-12H2,1-2H3,(H,23,26)(H,24,25)/t16-/m1/s1. The summed E-state index contributed by atoms with van der Waals surface area (Å²) < 4.78 is 18.7. The van der Waals surface area contributed by atoms with Crippen LogP contribution in [0.25, 0.3) is 0 Å². The van der Waals surface area contributed by atoms with Gasteiger partial charge in [-0.25, -0.2) is 4.39 Å². The Hall–Kier alpha value is -2.89. The average Bonchev–Trinajstić information content (AvgIpc) is 2.66. The van der Waals surface area contributed by atoms with Crippen LogP contribution in [0, 0.1) is 17.7 Å². The van der Waals surface area contributed by atoms with Crippen LogP contribution >= 0.6 is 0 Å². The summed E-state index contributed by atoms with van der Waals surface area (Å²) in [5.74, 6) is -0.152. The molecule has 0 bridgehead atoms. The highest BCUT2D eigenvalue weighted by molar-refractivity contribution is 5.92. The molecule has 1 heterocycles. The molecule has 6 heteroatoms. The van der Waals surface area contributed by atoms with E-state index in [0.29, 0.717) is 25.3 Å². The summed E-state index contributed by atoms with van der Waals surface area (Å²) in [4.78, 5) is 24.3. The molecule has 0 aliphatic carbocycles. The van der Waals surface area contributed by atoms with Crippen molar-refractivity contribution in [2.75, 3.05) is 11.9 Å². The molecule has 2 aromatic rings. The van der Waals surface area contributed by atoms with Crippen LogP contribution in [0.2, 0.25) is 0 Å². The van der Waals surface area contributed by atoms with E-state index in [9.17, 15) is 14.0 Å². The lowest BCUT2D eigenvalue weighted by Gasteiger charge is -2.25. The fraction of sp³-hybridized carbons (Fsp3) is 0.333. The molecule has 2 aromatic carbocycles. The molecule has 27 heavy (non-hydrogen) atoms. The number of anilines is 1. The maximum absolute atomic E-state index is 12.9. The number of benzene rings is 2. The van der Waals surface area contributed by atoms with Crippen molar-refractivity contribution in [3.8, 4) is 5.75 Å². The summed E-state index contributed by atoms with van der Waals surface area (Å²) in [5, 5.41) is 5.73. The van der Waals surface area contributed by atoms with E-state index in [0.717, 1.165) is 16.9 Å². The number of amides is 2. The molecular formula is C21H23FN2O3. The third-order valence-corrected chi connectivity index (χ3v) is 4.51. The number of ether oxygens (including phenoxy) is 1. The summed E-state index contributed by atoms with van der Waals surface area (Å²) in [6.07, 6.45) is 0.538. The monoisotopic (exact) mass is 370 g/mol. The summed E-state index contributed by atoms with van der Waals surface area (Å²) in [6.45, 7) is 4.31. The van der Waals surface area contributed by atoms with Gasteiger partial charge in [-0.1, -0.05) is 26.0 Å². The van der Waals surface area contributed by atoms with E-state index in [1.807, 2.05) is 26.0 Å².